The van der Waals surface area contributed by atoms with E-state index in [9.17, 15) is 14.7 Å². The first-order chi connectivity index (χ1) is 9.59. The van der Waals surface area contributed by atoms with Crippen molar-refractivity contribution in [2.45, 2.75) is 32.6 Å². The van der Waals surface area contributed by atoms with Crippen molar-refractivity contribution in [3.8, 4) is 0 Å². The zero-order valence-electron chi connectivity index (χ0n) is 11.6. The van der Waals surface area contributed by atoms with Crippen LogP contribution in [0, 0.1) is 18.8 Å². The van der Waals surface area contributed by atoms with Gasteiger partial charge >= 0.3 is 5.97 Å². The number of nitrogens with zero attached hydrogens (tertiary/aromatic N) is 1. The lowest BCUT2D eigenvalue weighted by molar-refractivity contribution is -0.144. The Morgan fingerprint density at radius 1 is 1.40 bits per heavy atom. The second-order valence-electron chi connectivity index (χ2n) is 5.37. The maximum absolute atomic E-state index is 12.1. The maximum atomic E-state index is 12.1. The average Bonchev–Trinajstić information content (AvgIpc) is 2.45. The highest BCUT2D eigenvalue weighted by atomic mass is 16.4. The normalized spacial score (nSPS) is 22.2. The van der Waals surface area contributed by atoms with Crippen LogP contribution in [0.25, 0.3) is 0 Å². The van der Waals surface area contributed by atoms with Crippen LogP contribution in [-0.4, -0.2) is 28.5 Å². The van der Waals surface area contributed by atoms with Gasteiger partial charge in [-0.2, -0.15) is 0 Å². The highest BCUT2D eigenvalue weighted by molar-refractivity contribution is 5.93. The molecule has 2 atom stereocenters. The third-order valence-electron chi connectivity index (χ3n) is 3.98. The van der Waals surface area contributed by atoms with Gasteiger partial charge in [0.2, 0.25) is 0 Å². The first kappa shape index (κ1) is 14.5. The summed E-state index contributed by atoms with van der Waals surface area (Å²) in [5.74, 6) is -1.29. The van der Waals surface area contributed by atoms with Gasteiger partial charge in [0.25, 0.3) is 5.91 Å². The van der Waals surface area contributed by atoms with Gasteiger partial charge in [0.05, 0.1) is 5.92 Å². The van der Waals surface area contributed by atoms with E-state index in [-0.39, 0.29) is 17.7 Å². The molecule has 1 aliphatic carbocycles. The molecular weight excluding hydrogens is 256 g/mol. The van der Waals surface area contributed by atoms with Gasteiger partial charge in [-0.05, 0) is 37.3 Å². The number of hydrogen-bond donors (Lipinski definition) is 2. The van der Waals surface area contributed by atoms with Gasteiger partial charge in [-0.15, -0.1) is 0 Å². The van der Waals surface area contributed by atoms with Crippen LogP contribution in [0.2, 0.25) is 0 Å². The summed E-state index contributed by atoms with van der Waals surface area (Å²) in [4.78, 5) is 27.3. The number of nitrogens with one attached hydrogen (secondary N) is 1. The smallest absolute Gasteiger partial charge is 0.306 e. The summed E-state index contributed by atoms with van der Waals surface area (Å²) < 4.78 is 0. The largest absolute Gasteiger partial charge is 0.481 e. The Morgan fingerprint density at radius 3 is 2.85 bits per heavy atom. The van der Waals surface area contributed by atoms with E-state index in [0.717, 1.165) is 24.8 Å². The Morgan fingerprint density at radius 2 is 2.15 bits per heavy atom. The molecule has 1 aromatic rings. The van der Waals surface area contributed by atoms with Crippen LogP contribution in [0.5, 0.6) is 0 Å². The molecule has 0 aliphatic heterocycles. The van der Waals surface area contributed by atoms with Gasteiger partial charge in [0.15, 0.2) is 0 Å². The molecule has 108 valence electrons. The van der Waals surface area contributed by atoms with Crippen LogP contribution >= 0.6 is 0 Å². The SMILES string of the molecule is Cc1cccnc1C(=O)NCC1CCCCC1C(=O)O. The van der Waals surface area contributed by atoms with E-state index >= 15 is 0 Å². The topological polar surface area (TPSA) is 79.3 Å². The molecule has 0 radical (unpaired) electrons. The summed E-state index contributed by atoms with van der Waals surface area (Å²) >= 11 is 0. The number of aliphatic carboxylic acids is 1. The van der Waals surface area contributed by atoms with Crippen LogP contribution in [0.4, 0.5) is 0 Å². The lowest BCUT2D eigenvalue weighted by Gasteiger charge is -2.28. The van der Waals surface area contributed by atoms with Crippen molar-refractivity contribution in [2.24, 2.45) is 11.8 Å². The van der Waals surface area contributed by atoms with Crippen molar-refractivity contribution in [3.05, 3.63) is 29.6 Å². The van der Waals surface area contributed by atoms with Crippen LogP contribution in [-0.2, 0) is 4.79 Å². The molecule has 1 amide bonds. The number of carbonyl (C=O) groups is 2. The van der Waals surface area contributed by atoms with E-state index in [1.165, 1.54) is 0 Å². The number of amides is 1. The Labute approximate surface area is 118 Å². The highest BCUT2D eigenvalue weighted by Crippen LogP contribution is 2.29. The van der Waals surface area contributed by atoms with E-state index in [1.807, 2.05) is 13.0 Å². The number of aromatic nitrogens is 1. The quantitative estimate of drug-likeness (QED) is 0.881. The van der Waals surface area contributed by atoms with Crippen molar-refractivity contribution in [3.63, 3.8) is 0 Å². The first-order valence-electron chi connectivity index (χ1n) is 7.02. The van der Waals surface area contributed by atoms with Crippen molar-refractivity contribution in [2.75, 3.05) is 6.54 Å². The van der Waals surface area contributed by atoms with Gasteiger partial charge in [-0.3, -0.25) is 14.6 Å². The van der Waals surface area contributed by atoms with Crippen LogP contribution < -0.4 is 5.32 Å². The molecule has 2 N–H and O–H groups in total. The van der Waals surface area contributed by atoms with Gasteiger partial charge < -0.3 is 10.4 Å². The van der Waals surface area contributed by atoms with Crippen molar-refractivity contribution in [1.82, 2.24) is 10.3 Å². The van der Waals surface area contributed by atoms with Crippen molar-refractivity contribution < 1.29 is 14.7 Å². The van der Waals surface area contributed by atoms with Gasteiger partial charge in [0.1, 0.15) is 5.69 Å². The molecule has 1 saturated carbocycles. The summed E-state index contributed by atoms with van der Waals surface area (Å²) in [5.41, 5.74) is 1.23. The van der Waals surface area contributed by atoms with Crippen LogP contribution in [0.15, 0.2) is 18.3 Å². The third kappa shape index (κ3) is 3.35. The molecule has 1 heterocycles. The standard InChI is InChI=1S/C15H20N2O3/c1-10-5-4-8-16-13(10)14(18)17-9-11-6-2-3-7-12(11)15(19)20/h4-5,8,11-12H,2-3,6-7,9H2,1H3,(H,17,18)(H,19,20). The lowest BCUT2D eigenvalue weighted by Crippen LogP contribution is -2.37. The van der Waals surface area contributed by atoms with E-state index < -0.39 is 5.97 Å². The number of carboxylic acids is 1. The summed E-state index contributed by atoms with van der Waals surface area (Å²) in [6, 6.07) is 3.62. The maximum Gasteiger partial charge on any atom is 0.306 e. The van der Waals surface area contributed by atoms with E-state index in [0.29, 0.717) is 18.7 Å². The molecule has 2 unspecified atom stereocenters. The Kier molecular flexibility index (Phi) is 4.71. The summed E-state index contributed by atoms with van der Waals surface area (Å²) in [6.45, 7) is 2.24. The Bertz CT molecular complexity index is 502. The zero-order valence-corrected chi connectivity index (χ0v) is 11.6. The summed E-state index contributed by atoms with van der Waals surface area (Å²) in [6.07, 6.45) is 5.15. The monoisotopic (exact) mass is 276 g/mol. The predicted molar refractivity (Wildman–Crippen MR) is 74.4 cm³/mol. The number of hydrogen-bond acceptors (Lipinski definition) is 3. The molecule has 1 aromatic heterocycles. The molecular formula is C15H20N2O3. The first-order valence-corrected chi connectivity index (χ1v) is 7.02. The van der Waals surface area contributed by atoms with Crippen LogP contribution in [0.1, 0.15) is 41.7 Å². The fourth-order valence-corrected chi connectivity index (χ4v) is 2.81. The highest BCUT2D eigenvalue weighted by Gasteiger charge is 2.30. The number of rotatable bonds is 4. The predicted octanol–water partition coefficient (Wildman–Crippen LogP) is 2.01. The summed E-state index contributed by atoms with van der Waals surface area (Å²) in [5, 5.41) is 12.0. The Hall–Kier alpha value is -1.91. The molecule has 1 fully saturated rings. The molecule has 1 aliphatic rings. The van der Waals surface area contributed by atoms with E-state index in [1.54, 1.807) is 12.3 Å². The minimum absolute atomic E-state index is 0.0224. The number of aryl methyl sites for hydroxylation is 1. The minimum Gasteiger partial charge on any atom is -0.481 e. The molecule has 0 aromatic carbocycles. The second-order valence-corrected chi connectivity index (χ2v) is 5.37. The number of carbonyl (C=O) groups excluding carboxylic acids is 1. The third-order valence-corrected chi connectivity index (χ3v) is 3.98. The fraction of sp³-hybridized carbons (Fsp3) is 0.533. The number of pyridine rings is 1. The molecule has 5 nitrogen and oxygen atoms in total. The van der Waals surface area contributed by atoms with Gasteiger partial charge in [0, 0.05) is 12.7 Å². The molecule has 0 bridgehead atoms. The second kappa shape index (κ2) is 6.50. The van der Waals surface area contributed by atoms with Crippen LogP contribution in [0.3, 0.4) is 0 Å². The van der Waals surface area contributed by atoms with Crippen molar-refractivity contribution >= 4 is 11.9 Å². The zero-order chi connectivity index (χ0) is 14.5. The van der Waals surface area contributed by atoms with Gasteiger partial charge in [-0.25, -0.2) is 0 Å². The molecule has 0 spiro atoms. The molecule has 0 saturated heterocycles. The lowest BCUT2D eigenvalue weighted by atomic mass is 9.79. The number of carboxylic acid groups (broad SMARTS) is 1. The molecule has 2 rings (SSSR count). The van der Waals surface area contributed by atoms with E-state index in [4.69, 9.17) is 0 Å². The summed E-state index contributed by atoms with van der Waals surface area (Å²) in [7, 11) is 0. The molecule has 5 heteroatoms. The van der Waals surface area contributed by atoms with E-state index in [2.05, 4.69) is 10.3 Å². The molecule has 20 heavy (non-hydrogen) atoms. The average molecular weight is 276 g/mol. The fourth-order valence-electron chi connectivity index (χ4n) is 2.81. The minimum atomic E-state index is -0.752. The van der Waals surface area contributed by atoms with Crippen molar-refractivity contribution in [1.29, 1.82) is 0 Å². The van der Waals surface area contributed by atoms with Gasteiger partial charge in [-0.1, -0.05) is 18.9 Å². The Balaban J connectivity index is 1.95.